The first-order chi connectivity index (χ1) is 15.0. The van der Waals surface area contributed by atoms with Gasteiger partial charge in [-0.1, -0.05) is 67.7 Å². The highest BCUT2D eigenvalue weighted by atomic mass is 32.2. The Bertz CT molecular complexity index is 1190. The Morgan fingerprint density at radius 2 is 1.94 bits per heavy atom. The lowest BCUT2D eigenvalue weighted by Gasteiger charge is -2.12. The number of carbonyl (C=O) groups excluding carboxylic acids is 2. The van der Waals surface area contributed by atoms with Gasteiger partial charge in [0.2, 0.25) is 5.76 Å². The first-order valence-electron chi connectivity index (χ1n) is 10.0. The lowest BCUT2D eigenvalue weighted by molar-refractivity contribution is -0.122. The molecule has 0 radical (unpaired) electrons. The van der Waals surface area contributed by atoms with Crippen LogP contribution in [0.4, 0.5) is 0 Å². The van der Waals surface area contributed by atoms with Crippen LogP contribution < -0.4 is 4.74 Å². The van der Waals surface area contributed by atoms with E-state index in [1.807, 2.05) is 31.2 Å². The van der Waals surface area contributed by atoms with Crippen molar-refractivity contribution in [2.24, 2.45) is 0 Å². The topological polar surface area (TPSA) is 59.8 Å². The summed E-state index contributed by atoms with van der Waals surface area (Å²) < 4.78 is 11.7. The third-order valence-corrected chi connectivity index (χ3v) is 6.40. The molecule has 0 N–H and O–H groups in total. The molecule has 7 heteroatoms. The van der Waals surface area contributed by atoms with Crippen molar-refractivity contribution in [1.82, 2.24) is 4.90 Å². The Morgan fingerprint density at radius 3 is 2.65 bits per heavy atom. The Kier molecular flexibility index (Phi) is 6.25. The van der Waals surface area contributed by atoms with Crippen LogP contribution in [0, 0.1) is 6.92 Å². The van der Waals surface area contributed by atoms with Crippen molar-refractivity contribution >= 4 is 57.2 Å². The maximum atomic E-state index is 12.6. The second-order valence-electron chi connectivity index (χ2n) is 7.20. The average molecular weight is 452 g/mol. The summed E-state index contributed by atoms with van der Waals surface area (Å²) in [6, 6.07) is 14.5. The lowest BCUT2D eigenvalue weighted by atomic mass is 10.1. The molecule has 1 amide bonds. The molecule has 158 valence electrons. The quantitative estimate of drug-likeness (QED) is 0.199. The molecule has 0 bridgehead atoms. The predicted octanol–water partition coefficient (Wildman–Crippen LogP) is 5.96. The van der Waals surface area contributed by atoms with Gasteiger partial charge in [-0.05, 0) is 43.2 Å². The Hall–Kier alpha value is -2.90. The molecule has 1 aliphatic rings. The van der Waals surface area contributed by atoms with Crippen LogP contribution in [0.15, 0.2) is 57.9 Å². The fourth-order valence-corrected chi connectivity index (χ4v) is 4.62. The van der Waals surface area contributed by atoms with Crippen molar-refractivity contribution in [1.29, 1.82) is 0 Å². The van der Waals surface area contributed by atoms with Crippen LogP contribution in [0.25, 0.3) is 17.0 Å². The molecular weight excluding hydrogens is 430 g/mol. The molecule has 1 saturated heterocycles. The summed E-state index contributed by atoms with van der Waals surface area (Å²) in [5.74, 6) is -0.00362. The average Bonchev–Trinajstić information content (AvgIpc) is 3.24. The second kappa shape index (κ2) is 9.08. The van der Waals surface area contributed by atoms with Crippen molar-refractivity contribution < 1.29 is 18.7 Å². The number of furan rings is 1. The van der Waals surface area contributed by atoms with Gasteiger partial charge < -0.3 is 9.15 Å². The fourth-order valence-electron chi connectivity index (χ4n) is 3.31. The van der Waals surface area contributed by atoms with E-state index in [9.17, 15) is 9.59 Å². The summed E-state index contributed by atoms with van der Waals surface area (Å²) in [7, 11) is 0. The molecule has 4 rings (SSSR count). The Labute approximate surface area is 190 Å². The van der Waals surface area contributed by atoms with Crippen LogP contribution >= 0.6 is 24.0 Å². The van der Waals surface area contributed by atoms with E-state index in [2.05, 4.69) is 6.92 Å². The second-order valence-corrected chi connectivity index (χ2v) is 8.87. The molecule has 0 aliphatic carbocycles. The van der Waals surface area contributed by atoms with Crippen LogP contribution in [-0.4, -0.2) is 27.6 Å². The number of rotatable bonds is 6. The maximum Gasteiger partial charge on any atom is 0.379 e. The lowest BCUT2D eigenvalue weighted by Crippen LogP contribution is -2.28. The first kappa shape index (κ1) is 21.3. The number of carbonyl (C=O) groups is 2. The van der Waals surface area contributed by atoms with Crippen LogP contribution in [0.2, 0.25) is 0 Å². The van der Waals surface area contributed by atoms with Gasteiger partial charge in [-0.2, -0.15) is 0 Å². The fraction of sp³-hybridized carbons (Fsp3) is 0.208. The number of hydrogen-bond acceptors (Lipinski definition) is 6. The number of thiocarbonyl (C=S) groups is 1. The monoisotopic (exact) mass is 451 g/mol. The van der Waals surface area contributed by atoms with E-state index in [0.29, 0.717) is 27.1 Å². The summed E-state index contributed by atoms with van der Waals surface area (Å²) >= 11 is 6.65. The van der Waals surface area contributed by atoms with E-state index in [1.54, 1.807) is 35.2 Å². The first-order valence-corrected chi connectivity index (χ1v) is 11.3. The Balaban J connectivity index is 1.46. The number of aryl methyl sites for hydroxylation is 1. The molecular formula is C24H21NO4S2. The van der Waals surface area contributed by atoms with Gasteiger partial charge in [0.15, 0.2) is 0 Å². The predicted molar refractivity (Wildman–Crippen MR) is 127 cm³/mol. The molecule has 0 unspecified atom stereocenters. The van der Waals surface area contributed by atoms with Crippen LogP contribution in [-0.2, 0) is 4.79 Å². The minimum Gasteiger partial charge on any atom is -0.449 e. The van der Waals surface area contributed by atoms with E-state index < -0.39 is 5.97 Å². The number of ether oxygens (including phenoxy) is 1. The smallest absolute Gasteiger partial charge is 0.379 e. The molecule has 5 nitrogen and oxygen atoms in total. The van der Waals surface area contributed by atoms with E-state index in [-0.39, 0.29) is 11.7 Å². The molecule has 31 heavy (non-hydrogen) atoms. The van der Waals surface area contributed by atoms with Gasteiger partial charge in [-0.3, -0.25) is 9.69 Å². The van der Waals surface area contributed by atoms with Crippen molar-refractivity contribution in [3.05, 3.63) is 70.3 Å². The summed E-state index contributed by atoms with van der Waals surface area (Å²) in [4.78, 5) is 27.4. The molecule has 2 heterocycles. The van der Waals surface area contributed by atoms with Crippen molar-refractivity contribution in [3.63, 3.8) is 0 Å². The van der Waals surface area contributed by atoms with E-state index in [1.165, 1.54) is 11.8 Å². The van der Waals surface area contributed by atoms with Gasteiger partial charge in [0.1, 0.15) is 15.7 Å². The highest BCUT2D eigenvalue weighted by molar-refractivity contribution is 8.26. The number of benzene rings is 2. The van der Waals surface area contributed by atoms with Crippen LogP contribution in [0.1, 0.15) is 41.4 Å². The number of fused-ring (bicyclic) bond motifs is 1. The zero-order chi connectivity index (χ0) is 22.0. The van der Waals surface area contributed by atoms with E-state index in [4.69, 9.17) is 21.4 Å². The molecule has 2 aromatic carbocycles. The molecule has 0 atom stereocenters. The minimum atomic E-state index is -0.543. The van der Waals surface area contributed by atoms with Crippen molar-refractivity contribution in [2.45, 2.75) is 26.7 Å². The molecule has 0 saturated carbocycles. The van der Waals surface area contributed by atoms with Gasteiger partial charge in [-0.25, -0.2) is 4.79 Å². The van der Waals surface area contributed by atoms with E-state index in [0.717, 1.165) is 29.4 Å². The SMILES string of the molecule is CCCCN1C(=O)/C(=C\c2ccc(OC(=O)c3oc4ccccc4c3C)cc2)SC1=S. The van der Waals surface area contributed by atoms with Gasteiger partial charge in [0, 0.05) is 17.5 Å². The maximum absolute atomic E-state index is 12.6. The number of nitrogens with zero attached hydrogens (tertiary/aromatic N) is 1. The number of hydrogen-bond donors (Lipinski definition) is 0. The summed E-state index contributed by atoms with van der Waals surface area (Å²) in [5, 5.41) is 0.890. The van der Waals surface area contributed by atoms with Gasteiger partial charge in [0.05, 0.1) is 4.91 Å². The van der Waals surface area contributed by atoms with Gasteiger partial charge >= 0.3 is 5.97 Å². The number of thioether (sulfide) groups is 1. The molecule has 3 aromatic rings. The highest BCUT2D eigenvalue weighted by Gasteiger charge is 2.31. The summed E-state index contributed by atoms with van der Waals surface area (Å²) in [6.45, 7) is 4.56. The normalized spacial score (nSPS) is 15.3. The van der Waals surface area contributed by atoms with Gasteiger partial charge in [0.25, 0.3) is 5.91 Å². The number of para-hydroxylation sites is 1. The van der Waals surface area contributed by atoms with Crippen molar-refractivity contribution in [2.75, 3.05) is 6.54 Å². The van der Waals surface area contributed by atoms with E-state index >= 15 is 0 Å². The highest BCUT2D eigenvalue weighted by Crippen LogP contribution is 2.33. The molecule has 1 fully saturated rings. The largest absolute Gasteiger partial charge is 0.449 e. The van der Waals surface area contributed by atoms with Crippen LogP contribution in [0.3, 0.4) is 0 Å². The minimum absolute atomic E-state index is 0.0562. The Morgan fingerprint density at radius 1 is 1.19 bits per heavy atom. The standard InChI is InChI=1S/C24H21NO4S2/c1-3-4-13-25-22(26)20(31-24(25)30)14-16-9-11-17(12-10-16)28-23(27)21-15(2)18-7-5-6-8-19(18)29-21/h5-12,14H,3-4,13H2,1-2H3/b20-14+. The summed E-state index contributed by atoms with van der Waals surface area (Å²) in [5.41, 5.74) is 2.23. The number of amides is 1. The third kappa shape index (κ3) is 4.43. The molecule has 1 aliphatic heterocycles. The van der Waals surface area contributed by atoms with Crippen molar-refractivity contribution in [3.8, 4) is 5.75 Å². The zero-order valence-corrected chi connectivity index (χ0v) is 18.8. The summed E-state index contributed by atoms with van der Waals surface area (Å²) in [6.07, 6.45) is 3.73. The van der Waals surface area contributed by atoms with Crippen LogP contribution in [0.5, 0.6) is 5.75 Å². The molecule has 0 spiro atoms. The number of esters is 1. The zero-order valence-electron chi connectivity index (χ0n) is 17.2. The third-order valence-electron chi connectivity index (χ3n) is 5.03. The molecule has 1 aromatic heterocycles. The number of unbranched alkanes of at least 4 members (excludes halogenated alkanes) is 1. The van der Waals surface area contributed by atoms with Gasteiger partial charge in [-0.15, -0.1) is 0 Å².